The molecule has 3 fully saturated rings. The molecule has 122 valence electrons. The van der Waals surface area contributed by atoms with Gasteiger partial charge in [0.1, 0.15) is 0 Å². The summed E-state index contributed by atoms with van der Waals surface area (Å²) >= 11 is 0. The van der Waals surface area contributed by atoms with E-state index in [1.54, 1.807) is 0 Å². The lowest BCUT2D eigenvalue weighted by Gasteiger charge is -2.49. The third kappa shape index (κ3) is 3.62. The number of piperazine rings is 1. The van der Waals surface area contributed by atoms with Crippen LogP contribution in [0.5, 0.6) is 0 Å². The first-order valence-corrected chi connectivity index (χ1v) is 9.53. The molecule has 0 spiro atoms. The molecule has 0 aromatic carbocycles. The molecule has 2 N–H and O–H groups in total. The second-order valence-electron chi connectivity index (χ2n) is 7.66. The van der Waals surface area contributed by atoms with E-state index in [2.05, 4.69) is 9.80 Å². The minimum Gasteiger partial charge on any atom is -0.329 e. The second-order valence-corrected chi connectivity index (χ2v) is 7.66. The van der Waals surface area contributed by atoms with Crippen molar-refractivity contribution in [3.05, 3.63) is 0 Å². The predicted molar refractivity (Wildman–Crippen MR) is 89.5 cm³/mol. The zero-order chi connectivity index (χ0) is 14.5. The number of nitrogens with zero attached hydrogens (tertiary/aromatic N) is 2. The van der Waals surface area contributed by atoms with Crippen LogP contribution in [0, 0.1) is 0 Å². The average Bonchev–Trinajstić information content (AvgIpc) is 3.02. The predicted octanol–water partition coefficient (Wildman–Crippen LogP) is 2.99. The van der Waals surface area contributed by atoms with Crippen LogP contribution in [-0.2, 0) is 0 Å². The first-order chi connectivity index (χ1) is 10.3. The van der Waals surface area contributed by atoms with Crippen molar-refractivity contribution < 1.29 is 0 Å². The van der Waals surface area contributed by atoms with E-state index in [9.17, 15) is 0 Å². The Morgan fingerprint density at radius 3 is 1.90 bits per heavy atom. The van der Waals surface area contributed by atoms with Crippen molar-refractivity contribution in [2.75, 3.05) is 32.7 Å². The molecule has 3 heteroatoms. The first-order valence-electron chi connectivity index (χ1n) is 9.53. The Hall–Kier alpha value is -0.120. The molecule has 0 aromatic heterocycles. The molecule has 0 bridgehead atoms. The molecule has 2 aliphatic carbocycles. The largest absolute Gasteiger partial charge is 0.329 e. The minimum absolute atomic E-state index is 0.336. The summed E-state index contributed by atoms with van der Waals surface area (Å²) in [4.78, 5) is 5.56. The fraction of sp³-hybridized carbons (Fsp3) is 1.00. The summed E-state index contributed by atoms with van der Waals surface area (Å²) in [5, 5.41) is 0. The zero-order valence-corrected chi connectivity index (χ0v) is 13.9. The molecule has 1 heterocycles. The molecule has 2 saturated carbocycles. The summed E-state index contributed by atoms with van der Waals surface area (Å²) in [7, 11) is 0. The summed E-state index contributed by atoms with van der Waals surface area (Å²) in [5.74, 6) is 0. The van der Waals surface area contributed by atoms with Crippen molar-refractivity contribution in [1.82, 2.24) is 9.80 Å². The Morgan fingerprint density at radius 2 is 1.33 bits per heavy atom. The maximum absolute atomic E-state index is 6.29. The van der Waals surface area contributed by atoms with E-state index in [1.807, 2.05) is 0 Å². The molecule has 21 heavy (non-hydrogen) atoms. The van der Waals surface area contributed by atoms with E-state index in [1.165, 1.54) is 96.8 Å². The van der Waals surface area contributed by atoms with Crippen molar-refractivity contribution in [3.8, 4) is 0 Å². The van der Waals surface area contributed by atoms with E-state index in [4.69, 9.17) is 5.73 Å². The van der Waals surface area contributed by atoms with Crippen LogP contribution in [0.2, 0.25) is 0 Å². The topological polar surface area (TPSA) is 32.5 Å². The monoisotopic (exact) mass is 293 g/mol. The Labute approximate surface area is 131 Å². The fourth-order valence-electron chi connectivity index (χ4n) is 5.04. The van der Waals surface area contributed by atoms with Crippen LogP contribution in [-0.4, -0.2) is 54.1 Å². The molecule has 3 aliphatic rings. The highest BCUT2D eigenvalue weighted by Crippen LogP contribution is 2.33. The van der Waals surface area contributed by atoms with Crippen LogP contribution < -0.4 is 5.73 Å². The molecule has 0 radical (unpaired) electrons. The molecular formula is C18H35N3. The Bertz CT molecular complexity index is 296. The summed E-state index contributed by atoms with van der Waals surface area (Å²) < 4.78 is 0. The third-order valence-corrected chi connectivity index (χ3v) is 6.49. The minimum atomic E-state index is 0.336. The van der Waals surface area contributed by atoms with Crippen molar-refractivity contribution in [2.24, 2.45) is 5.73 Å². The van der Waals surface area contributed by atoms with Crippen LogP contribution in [0.15, 0.2) is 0 Å². The van der Waals surface area contributed by atoms with Crippen LogP contribution in [0.1, 0.15) is 70.6 Å². The Balaban J connectivity index is 1.57. The number of hydrogen-bond acceptors (Lipinski definition) is 3. The van der Waals surface area contributed by atoms with Crippen molar-refractivity contribution >= 4 is 0 Å². The number of nitrogens with two attached hydrogens (primary N) is 1. The average molecular weight is 293 g/mol. The van der Waals surface area contributed by atoms with Gasteiger partial charge in [-0.15, -0.1) is 0 Å². The number of rotatable bonds is 3. The van der Waals surface area contributed by atoms with Gasteiger partial charge in [0, 0.05) is 44.3 Å². The van der Waals surface area contributed by atoms with Crippen LogP contribution in [0.4, 0.5) is 0 Å². The lowest BCUT2D eigenvalue weighted by molar-refractivity contribution is 0.00753. The second kappa shape index (κ2) is 7.43. The SMILES string of the molecule is NCC1(N2CCN(C3CCCC3)CC2)CCCCCCC1. The quantitative estimate of drug-likeness (QED) is 0.868. The van der Waals surface area contributed by atoms with Gasteiger partial charge in [-0.1, -0.05) is 44.9 Å². The van der Waals surface area contributed by atoms with E-state index in [0.717, 1.165) is 12.6 Å². The van der Waals surface area contributed by atoms with E-state index < -0.39 is 0 Å². The molecule has 0 atom stereocenters. The first kappa shape index (κ1) is 15.8. The molecular weight excluding hydrogens is 258 g/mol. The van der Waals surface area contributed by atoms with Crippen molar-refractivity contribution in [3.63, 3.8) is 0 Å². The third-order valence-electron chi connectivity index (χ3n) is 6.49. The Morgan fingerprint density at radius 1 is 0.762 bits per heavy atom. The highest BCUT2D eigenvalue weighted by atomic mass is 15.3. The van der Waals surface area contributed by atoms with Crippen LogP contribution in [0.3, 0.4) is 0 Å². The molecule has 0 unspecified atom stereocenters. The van der Waals surface area contributed by atoms with E-state index in [0.29, 0.717) is 5.54 Å². The highest BCUT2D eigenvalue weighted by molar-refractivity contribution is 4.95. The van der Waals surface area contributed by atoms with Crippen molar-refractivity contribution in [2.45, 2.75) is 82.2 Å². The van der Waals surface area contributed by atoms with Gasteiger partial charge in [0.05, 0.1) is 0 Å². The molecule has 3 nitrogen and oxygen atoms in total. The van der Waals surface area contributed by atoms with Gasteiger partial charge in [-0.3, -0.25) is 9.80 Å². The van der Waals surface area contributed by atoms with Gasteiger partial charge in [0.15, 0.2) is 0 Å². The normalized spacial score (nSPS) is 30.1. The zero-order valence-electron chi connectivity index (χ0n) is 13.9. The molecule has 1 saturated heterocycles. The molecule has 0 aromatic rings. The fourth-order valence-corrected chi connectivity index (χ4v) is 5.04. The lowest BCUT2D eigenvalue weighted by atomic mass is 9.82. The van der Waals surface area contributed by atoms with Gasteiger partial charge in [0.25, 0.3) is 0 Å². The van der Waals surface area contributed by atoms with Gasteiger partial charge in [0.2, 0.25) is 0 Å². The standard InChI is InChI=1S/C18H35N3/c19-16-18(10-6-2-1-3-7-11-18)21-14-12-20(13-15-21)17-8-4-5-9-17/h17H,1-16,19H2. The lowest BCUT2D eigenvalue weighted by Crippen LogP contribution is -2.61. The molecule has 0 amide bonds. The Kier molecular flexibility index (Phi) is 5.58. The van der Waals surface area contributed by atoms with Crippen LogP contribution in [0.25, 0.3) is 0 Å². The van der Waals surface area contributed by atoms with Gasteiger partial charge < -0.3 is 5.73 Å². The van der Waals surface area contributed by atoms with E-state index >= 15 is 0 Å². The summed E-state index contributed by atoms with van der Waals surface area (Å²) in [5.41, 5.74) is 6.63. The summed E-state index contributed by atoms with van der Waals surface area (Å²) in [6.45, 7) is 5.96. The summed E-state index contributed by atoms with van der Waals surface area (Å²) in [6, 6.07) is 0.901. The number of hydrogen-bond donors (Lipinski definition) is 1. The van der Waals surface area contributed by atoms with Crippen molar-refractivity contribution in [1.29, 1.82) is 0 Å². The van der Waals surface area contributed by atoms with Crippen LogP contribution >= 0.6 is 0 Å². The molecule has 1 aliphatic heterocycles. The summed E-state index contributed by atoms with van der Waals surface area (Å²) in [6.07, 6.45) is 15.5. The molecule has 3 rings (SSSR count). The smallest absolute Gasteiger partial charge is 0.0332 e. The maximum atomic E-state index is 6.29. The van der Waals surface area contributed by atoms with Gasteiger partial charge in [-0.05, 0) is 25.7 Å². The van der Waals surface area contributed by atoms with E-state index in [-0.39, 0.29) is 0 Å². The van der Waals surface area contributed by atoms with Gasteiger partial charge in [-0.25, -0.2) is 0 Å². The maximum Gasteiger partial charge on any atom is 0.0332 e. The van der Waals surface area contributed by atoms with Gasteiger partial charge in [-0.2, -0.15) is 0 Å². The van der Waals surface area contributed by atoms with Gasteiger partial charge >= 0.3 is 0 Å². The highest BCUT2D eigenvalue weighted by Gasteiger charge is 2.37.